The molecule has 2 atom stereocenters. The number of aromatic nitrogens is 1. The first-order valence-corrected chi connectivity index (χ1v) is 9.85. The van der Waals surface area contributed by atoms with E-state index >= 15 is 0 Å². The molecule has 3 heterocycles. The molecule has 8 heteroatoms. The fourth-order valence-corrected chi connectivity index (χ4v) is 4.62. The molecule has 0 amide bonds. The van der Waals surface area contributed by atoms with E-state index in [-0.39, 0.29) is 17.1 Å². The van der Waals surface area contributed by atoms with Gasteiger partial charge in [-0.1, -0.05) is 0 Å². The third kappa shape index (κ3) is 3.72. The number of anilines is 1. The smallest absolute Gasteiger partial charge is 0.244 e. The van der Waals surface area contributed by atoms with Crippen LogP contribution in [0.15, 0.2) is 23.2 Å². The van der Waals surface area contributed by atoms with E-state index in [1.807, 2.05) is 20.9 Å². The molecule has 0 unspecified atom stereocenters. The van der Waals surface area contributed by atoms with E-state index in [4.69, 9.17) is 4.74 Å². The van der Waals surface area contributed by atoms with Crippen LogP contribution in [0.3, 0.4) is 0 Å². The normalized spacial score (nSPS) is 27.4. The molecule has 0 spiro atoms. The van der Waals surface area contributed by atoms with E-state index in [1.165, 1.54) is 6.20 Å². The molecule has 0 aromatic carbocycles. The first-order chi connectivity index (χ1) is 11.4. The summed E-state index contributed by atoms with van der Waals surface area (Å²) >= 11 is 0. The number of sulfonamides is 1. The first-order valence-electron chi connectivity index (χ1n) is 8.41. The Hall–Kier alpha value is -1.22. The van der Waals surface area contributed by atoms with E-state index in [0.29, 0.717) is 13.1 Å². The van der Waals surface area contributed by atoms with Crippen LogP contribution >= 0.6 is 0 Å². The second kappa shape index (κ2) is 6.95. The Labute approximate surface area is 144 Å². The minimum Gasteiger partial charge on any atom is -0.372 e. The predicted molar refractivity (Wildman–Crippen MR) is 92.7 cm³/mol. The number of ether oxygens (including phenoxy) is 1. The van der Waals surface area contributed by atoms with Gasteiger partial charge in [0.15, 0.2) is 0 Å². The van der Waals surface area contributed by atoms with Crippen LogP contribution in [-0.2, 0) is 14.8 Å². The fraction of sp³-hybridized carbons (Fsp3) is 0.688. The van der Waals surface area contributed by atoms with E-state index in [2.05, 4.69) is 14.8 Å². The summed E-state index contributed by atoms with van der Waals surface area (Å²) in [7, 11) is -1.45. The van der Waals surface area contributed by atoms with Crippen molar-refractivity contribution in [3.63, 3.8) is 0 Å². The van der Waals surface area contributed by atoms with Gasteiger partial charge in [0.1, 0.15) is 10.7 Å². The second-order valence-corrected chi connectivity index (χ2v) is 8.66. The number of piperazine rings is 1. The van der Waals surface area contributed by atoms with Crippen LogP contribution in [0.1, 0.15) is 13.8 Å². The highest BCUT2D eigenvalue weighted by molar-refractivity contribution is 7.89. The zero-order chi connectivity index (χ0) is 17.3. The lowest BCUT2D eigenvalue weighted by atomic mass is 10.2. The van der Waals surface area contributed by atoms with Gasteiger partial charge in [-0.25, -0.2) is 13.4 Å². The van der Waals surface area contributed by atoms with Crippen molar-refractivity contribution in [3.05, 3.63) is 18.3 Å². The Morgan fingerprint density at radius 2 is 1.71 bits per heavy atom. The van der Waals surface area contributed by atoms with Crippen LogP contribution < -0.4 is 4.90 Å². The van der Waals surface area contributed by atoms with E-state index in [0.717, 1.165) is 32.0 Å². The minimum absolute atomic E-state index is 0.143. The van der Waals surface area contributed by atoms with Gasteiger partial charge in [0.2, 0.25) is 10.0 Å². The maximum absolute atomic E-state index is 12.7. The summed E-state index contributed by atoms with van der Waals surface area (Å²) in [5.41, 5.74) is 0. The molecule has 24 heavy (non-hydrogen) atoms. The zero-order valence-electron chi connectivity index (χ0n) is 14.6. The van der Waals surface area contributed by atoms with Crippen molar-refractivity contribution in [3.8, 4) is 0 Å². The van der Waals surface area contributed by atoms with Crippen LogP contribution in [0.5, 0.6) is 0 Å². The van der Waals surface area contributed by atoms with Gasteiger partial charge in [-0.2, -0.15) is 4.31 Å². The molecule has 7 nitrogen and oxygen atoms in total. The average Bonchev–Trinajstić information content (AvgIpc) is 2.54. The summed E-state index contributed by atoms with van der Waals surface area (Å²) in [6, 6.07) is 3.47. The third-order valence-electron chi connectivity index (χ3n) is 4.56. The Balaban J connectivity index is 1.74. The number of pyridine rings is 1. The molecule has 0 radical (unpaired) electrons. The Morgan fingerprint density at radius 3 is 2.25 bits per heavy atom. The third-order valence-corrected chi connectivity index (χ3v) is 6.45. The number of nitrogens with zero attached hydrogens (tertiary/aromatic N) is 4. The maximum Gasteiger partial charge on any atom is 0.244 e. The summed E-state index contributed by atoms with van der Waals surface area (Å²) < 4.78 is 32.7. The van der Waals surface area contributed by atoms with Crippen molar-refractivity contribution in [1.29, 1.82) is 0 Å². The average molecular weight is 354 g/mol. The molecule has 1 aromatic rings. The Bertz CT molecular complexity index is 646. The molecule has 134 valence electrons. The molecule has 0 bridgehead atoms. The summed E-state index contributed by atoms with van der Waals surface area (Å²) in [6.45, 7) is 8.17. The molecule has 0 saturated carbocycles. The number of hydrogen-bond donors (Lipinski definition) is 0. The van der Waals surface area contributed by atoms with Crippen molar-refractivity contribution in [2.24, 2.45) is 0 Å². The summed E-state index contributed by atoms with van der Waals surface area (Å²) in [5.74, 6) is 0.800. The predicted octanol–water partition coefficient (Wildman–Crippen LogP) is 0.631. The largest absolute Gasteiger partial charge is 0.372 e. The van der Waals surface area contributed by atoms with Gasteiger partial charge in [0, 0.05) is 45.5 Å². The lowest BCUT2D eigenvalue weighted by Crippen LogP contribution is -2.47. The Kier molecular flexibility index (Phi) is 5.10. The molecule has 0 aliphatic carbocycles. The molecular formula is C16H26N4O3S. The Morgan fingerprint density at radius 1 is 1.08 bits per heavy atom. The van der Waals surface area contributed by atoms with Gasteiger partial charge < -0.3 is 14.5 Å². The van der Waals surface area contributed by atoms with E-state index in [1.54, 1.807) is 16.4 Å². The molecule has 2 saturated heterocycles. The molecular weight excluding hydrogens is 328 g/mol. The van der Waals surface area contributed by atoms with E-state index < -0.39 is 10.0 Å². The van der Waals surface area contributed by atoms with Crippen LogP contribution in [0, 0.1) is 0 Å². The van der Waals surface area contributed by atoms with Gasteiger partial charge in [-0.3, -0.25) is 0 Å². The van der Waals surface area contributed by atoms with Crippen LogP contribution in [0.25, 0.3) is 0 Å². The number of rotatable bonds is 3. The van der Waals surface area contributed by atoms with Gasteiger partial charge in [-0.15, -0.1) is 0 Å². The maximum atomic E-state index is 12.7. The highest BCUT2D eigenvalue weighted by Gasteiger charge is 2.28. The molecule has 1 aromatic heterocycles. The first kappa shape index (κ1) is 17.6. The molecule has 2 aliphatic heterocycles. The van der Waals surface area contributed by atoms with Crippen molar-refractivity contribution in [2.45, 2.75) is 31.0 Å². The lowest BCUT2D eigenvalue weighted by Gasteiger charge is -2.36. The van der Waals surface area contributed by atoms with Crippen molar-refractivity contribution in [2.75, 3.05) is 51.2 Å². The van der Waals surface area contributed by atoms with Crippen LogP contribution in [-0.4, -0.2) is 81.1 Å². The number of hydrogen-bond acceptors (Lipinski definition) is 6. The van der Waals surface area contributed by atoms with Crippen molar-refractivity contribution in [1.82, 2.24) is 14.2 Å². The van der Waals surface area contributed by atoms with Crippen molar-refractivity contribution >= 4 is 15.8 Å². The quantitative estimate of drug-likeness (QED) is 0.793. The van der Waals surface area contributed by atoms with Crippen LogP contribution in [0.4, 0.5) is 5.82 Å². The molecule has 2 aliphatic rings. The van der Waals surface area contributed by atoms with Crippen molar-refractivity contribution < 1.29 is 13.2 Å². The number of morpholine rings is 1. The van der Waals surface area contributed by atoms with E-state index in [9.17, 15) is 8.42 Å². The minimum atomic E-state index is -3.45. The fourth-order valence-electron chi connectivity index (χ4n) is 3.25. The summed E-state index contributed by atoms with van der Waals surface area (Å²) in [4.78, 5) is 8.95. The SMILES string of the molecule is C[C@H]1CN(c2ccc(S(=O)(=O)N3CCN(C)CC3)cn2)C[C@H](C)O1. The molecule has 3 rings (SSSR count). The lowest BCUT2D eigenvalue weighted by molar-refractivity contribution is -0.00546. The van der Waals surface area contributed by atoms with Gasteiger partial charge >= 0.3 is 0 Å². The standard InChI is InChI=1S/C16H26N4O3S/c1-13-11-19(12-14(2)23-13)16-5-4-15(10-17-16)24(21,22)20-8-6-18(3)7-9-20/h4-5,10,13-14H,6-9,11-12H2,1-3H3/t13-,14-/m0/s1. The van der Waals surface area contributed by atoms with Gasteiger partial charge in [-0.05, 0) is 33.0 Å². The number of likely N-dealkylation sites (N-methyl/N-ethyl adjacent to an activating group) is 1. The van der Waals surface area contributed by atoms with Gasteiger partial charge in [0.05, 0.1) is 12.2 Å². The highest BCUT2D eigenvalue weighted by atomic mass is 32.2. The summed E-state index contributed by atoms with van der Waals surface area (Å²) in [6.07, 6.45) is 1.77. The molecule has 0 N–H and O–H groups in total. The monoisotopic (exact) mass is 354 g/mol. The zero-order valence-corrected chi connectivity index (χ0v) is 15.4. The summed E-state index contributed by atoms with van der Waals surface area (Å²) in [5, 5.41) is 0. The topological polar surface area (TPSA) is 66.0 Å². The highest BCUT2D eigenvalue weighted by Crippen LogP contribution is 2.22. The second-order valence-electron chi connectivity index (χ2n) is 6.72. The van der Waals surface area contributed by atoms with Crippen LogP contribution in [0.2, 0.25) is 0 Å². The van der Waals surface area contributed by atoms with Gasteiger partial charge in [0.25, 0.3) is 0 Å². The molecule has 2 fully saturated rings.